The Labute approximate surface area is 149 Å². The van der Waals surface area contributed by atoms with Crippen LogP contribution in [0.5, 0.6) is 5.75 Å². The van der Waals surface area contributed by atoms with E-state index in [1.54, 1.807) is 13.0 Å². The largest absolute Gasteiger partial charge is 0.493 e. The van der Waals surface area contributed by atoms with Crippen molar-refractivity contribution in [2.75, 3.05) is 7.11 Å². The molecule has 0 bridgehead atoms. The Morgan fingerprint density at radius 2 is 1.76 bits per heavy atom. The van der Waals surface area contributed by atoms with Gasteiger partial charge in [-0.1, -0.05) is 44.0 Å². The van der Waals surface area contributed by atoms with E-state index in [0.717, 1.165) is 11.5 Å². The van der Waals surface area contributed by atoms with Crippen molar-refractivity contribution in [3.05, 3.63) is 52.8 Å². The van der Waals surface area contributed by atoms with E-state index < -0.39 is 0 Å². The van der Waals surface area contributed by atoms with E-state index in [4.69, 9.17) is 4.74 Å². The van der Waals surface area contributed by atoms with Crippen LogP contribution in [0, 0.1) is 30.0 Å². The van der Waals surface area contributed by atoms with Crippen LogP contribution in [0.3, 0.4) is 0 Å². The lowest BCUT2D eigenvalue weighted by atomic mass is 9.78. The van der Waals surface area contributed by atoms with Gasteiger partial charge in [-0.05, 0) is 48.8 Å². The Morgan fingerprint density at radius 1 is 1.08 bits per heavy atom. The molecule has 25 heavy (non-hydrogen) atoms. The van der Waals surface area contributed by atoms with Crippen LogP contribution >= 0.6 is 0 Å². The molecule has 3 heteroatoms. The number of halogens is 1. The molecule has 2 aromatic rings. The van der Waals surface area contributed by atoms with Crippen molar-refractivity contribution in [3.8, 4) is 22.9 Å². The van der Waals surface area contributed by atoms with E-state index in [2.05, 4.69) is 19.1 Å². The molecule has 0 N–H and O–H groups in total. The van der Waals surface area contributed by atoms with Crippen molar-refractivity contribution in [2.45, 2.75) is 45.4 Å². The van der Waals surface area contributed by atoms with Crippen LogP contribution in [-0.2, 0) is 0 Å². The molecule has 2 aromatic carbocycles. The zero-order valence-electron chi connectivity index (χ0n) is 15.1. The summed E-state index contributed by atoms with van der Waals surface area (Å²) in [6.07, 6.45) is 4.83. The molecule has 0 spiro atoms. The molecule has 0 aromatic heterocycles. The summed E-state index contributed by atoms with van der Waals surface area (Å²) in [5.74, 6) is 1.16. The van der Waals surface area contributed by atoms with Crippen molar-refractivity contribution < 1.29 is 9.13 Å². The number of ether oxygens (including phenoxy) is 1. The van der Waals surface area contributed by atoms with Gasteiger partial charge < -0.3 is 4.74 Å². The second-order valence-corrected chi connectivity index (χ2v) is 7.15. The van der Waals surface area contributed by atoms with Crippen molar-refractivity contribution in [1.29, 1.82) is 5.26 Å². The molecule has 1 aliphatic carbocycles. The molecule has 0 aliphatic heterocycles. The number of nitrogens with zero attached hydrogens (tertiary/aromatic N) is 1. The summed E-state index contributed by atoms with van der Waals surface area (Å²) >= 11 is 0. The highest BCUT2D eigenvalue weighted by Crippen LogP contribution is 2.39. The first-order chi connectivity index (χ1) is 12.0. The lowest BCUT2D eigenvalue weighted by Crippen LogP contribution is -2.11. The van der Waals surface area contributed by atoms with E-state index in [0.29, 0.717) is 22.6 Å². The molecule has 0 saturated heterocycles. The maximum Gasteiger partial charge on any atom is 0.168 e. The minimum absolute atomic E-state index is 0.204. The first kappa shape index (κ1) is 17.5. The smallest absolute Gasteiger partial charge is 0.168 e. The molecule has 0 heterocycles. The third kappa shape index (κ3) is 3.39. The Morgan fingerprint density at radius 3 is 2.40 bits per heavy atom. The number of aryl methyl sites for hydroxylation is 1. The van der Waals surface area contributed by atoms with Gasteiger partial charge in [0.2, 0.25) is 0 Å². The van der Waals surface area contributed by atoms with E-state index in [1.165, 1.54) is 38.4 Å². The number of hydrogen-bond acceptors (Lipinski definition) is 2. The molecule has 130 valence electrons. The summed E-state index contributed by atoms with van der Waals surface area (Å²) in [6, 6.07) is 11.9. The number of hydrogen-bond donors (Lipinski definition) is 0. The topological polar surface area (TPSA) is 33.0 Å². The quantitative estimate of drug-likeness (QED) is 0.690. The monoisotopic (exact) mass is 337 g/mol. The molecule has 3 rings (SSSR count). The first-order valence-corrected chi connectivity index (χ1v) is 8.92. The highest BCUT2D eigenvalue weighted by Gasteiger charge is 2.22. The molecule has 0 amide bonds. The van der Waals surface area contributed by atoms with Crippen LogP contribution in [0.15, 0.2) is 30.3 Å². The molecule has 1 fully saturated rings. The van der Waals surface area contributed by atoms with E-state index in [9.17, 15) is 9.65 Å². The Kier molecular flexibility index (Phi) is 5.08. The van der Waals surface area contributed by atoms with Crippen LogP contribution in [0.1, 0.15) is 55.2 Å². The minimum Gasteiger partial charge on any atom is -0.493 e. The van der Waals surface area contributed by atoms with E-state index in [-0.39, 0.29) is 11.6 Å². The Hall–Kier alpha value is -2.34. The summed E-state index contributed by atoms with van der Waals surface area (Å²) in [4.78, 5) is 0. The fourth-order valence-corrected chi connectivity index (χ4v) is 3.80. The van der Waals surface area contributed by atoms with Crippen LogP contribution in [0.4, 0.5) is 4.39 Å². The van der Waals surface area contributed by atoms with Gasteiger partial charge >= 0.3 is 0 Å². The number of benzene rings is 2. The third-order valence-electron chi connectivity index (χ3n) is 5.44. The van der Waals surface area contributed by atoms with Crippen LogP contribution in [0.25, 0.3) is 11.1 Å². The maximum atomic E-state index is 14.4. The fourth-order valence-electron chi connectivity index (χ4n) is 3.80. The zero-order chi connectivity index (χ0) is 18.0. The van der Waals surface area contributed by atoms with Crippen LogP contribution < -0.4 is 4.74 Å². The zero-order valence-corrected chi connectivity index (χ0v) is 15.1. The summed E-state index contributed by atoms with van der Waals surface area (Å²) in [5.41, 5.74) is 3.70. The predicted octanol–water partition coefficient (Wildman–Crippen LogP) is 5.98. The van der Waals surface area contributed by atoms with Gasteiger partial charge in [0.15, 0.2) is 11.6 Å². The van der Waals surface area contributed by atoms with Gasteiger partial charge in [0.25, 0.3) is 0 Å². The van der Waals surface area contributed by atoms with Gasteiger partial charge in [0.1, 0.15) is 0 Å². The van der Waals surface area contributed by atoms with E-state index in [1.807, 2.05) is 18.2 Å². The summed E-state index contributed by atoms with van der Waals surface area (Å²) in [6.45, 7) is 4.01. The minimum atomic E-state index is -0.366. The number of rotatable bonds is 3. The van der Waals surface area contributed by atoms with Crippen LogP contribution in [-0.4, -0.2) is 7.11 Å². The van der Waals surface area contributed by atoms with Crippen LogP contribution in [0.2, 0.25) is 0 Å². The van der Waals surface area contributed by atoms with Gasteiger partial charge in [-0.2, -0.15) is 5.26 Å². The molecule has 1 saturated carbocycles. The summed E-state index contributed by atoms with van der Waals surface area (Å²) in [5, 5.41) is 9.65. The third-order valence-corrected chi connectivity index (χ3v) is 5.44. The van der Waals surface area contributed by atoms with E-state index >= 15 is 0 Å². The SMILES string of the molecule is COc1c(-c2ccc(C3CCC(C)CC3)cc2C#N)ccc(C)c1F. The molecule has 0 unspecified atom stereocenters. The lowest BCUT2D eigenvalue weighted by molar-refractivity contribution is 0.348. The number of nitriles is 1. The van der Waals surface area contributed by atoms with Gasteiger partial charge in [0.05, 0.1) is 18.7 Å². The fraction of sp³-hybridized carbons (Fsp3) is 0.409. The van der Waals surface area contributed by atoms with Crippen molar-refractivity contribution in [3.63, 3.8) is 0 Å². The second-order valence-electron chi connectivity index (χ2n) is 7.15. The number of methoxy groups -OCH3 is 1. The first-order valence-electron chi connectivity index (χ1n) is 8.92. The van der Waals surface area contributed by atoms with Gasteiger partial charge in [-0.3, -0.25) is 0 Å². The van der Waals surface area contributed by atoms with Crippen molar-refractivity contribution >= 4 is 0 Å². The van der Waals surface area contributed by atoms with Crippen molar-refractivity contribution in [1.82, 2.24) is 0 Å². The molecule has 1 aliphatic rings. The highest BCUT2D eigenvalue weighted by molar-refractivity contribution is 5.76. The standard InChI is InChI=1S/C22H24FNO/c1-14-4-7-16(8-5-14)17-9-11-19(18(12-17)13-24)20-10-6-15(2)21(23)22(20)25-3/h6,9-12,14,16H,4-5,7-8H2,1-3H3. The Bertz CT molecular complexity index is 814. The lowest BCUT2D eigenvalue weighted by Gasteiger charge is -2.26. The average Bonchev–Trinajstić information content (AvgIpc) is 2.64. The molecule has 0 radical (unpaired) electrons. The average molecular weight is 337 g/mol. The summed E-state index contributed by atoms with van der Waals surface area (Å²) < 4.78 is 19.7. The molecule has 0 atom stereocenters. The van der Waals surface area contributed by atoms with Gasteiger partial charge in [0, 0.05) is 11.1 Å². The normalized spacial score (nSPS) is 20.1. The molecular weight excluding hydrogens is 313 g/mol. The van der Waals surface area contributed by atoms with Crippen molar-refractivity contribution in [2.24, 2.45) is 5.92 Å². The highest BCUT2D eigenvalue weighted by atomic mass is 19.1. The maximum absolute atomic E-state index is 14.4. The van der Waals surface area contributed by atoms with Gasteiger partial charge in [-0.15, -0.1) is 0 Å². The van der Waals surface area contributed by atoms with Gasteiger partial charge in [-0.25, -0.2) is 4.39 Å². The predicted molar refractivity (Wildman–Crippen MR) is 98.2 cm³/mol. The molecular formula is C22H24FNO. The molecule has 2 nitrogen and oxygen atoms in total. The summed E-state index contributed by atoms with van der Waals surface area (Å²) in [7, 11) is 1.46. The Balaban J connectivity index is 2.02. The second kappa shape index (κ2) is 7.27.